The summed E-state index contributed by atoms with van der Waals surface area (Å²) in [4.78, 5) is 0. The van der Waals surface area contributed by atoms with Gasteiger partial charge in [0.1, 0.15) is 24.4 Å². The Morgan fingerprint density at radius 3 is 0.683 bits per heavy atom. The fraction of sp³-hybridized carbons (Fsp3) is 1.00. The fourth-order valence-corrected chi connectivity index (χ4v) is 5.10. The molecule has 0 aliphatic rings. The second kappa shape index (κ2) is 35.9. The lowest BCUT2D eigenvalue weighted by molar-refractivity contribution is -0.123. The number of aliphatic hydroxyl groups is 7. The maximum Gasteiger partial charge on any atom is 0.111 e. The van der Waals surface area contributed by atoms with Crippen molar-refractivity contribution >= 4 is 0 Å². The first kappa shape index (κ1) is 42.9. The number of rotatable bonds is 31. The minimum atomic E-state index is -1.67. The van der Waals surface area contributed by atoms with E-state index >= 15 is 0 Å². The summed E-state index contributed by atoms with van der Waals surface area (Å²) in [7, 11) is 0. The van der Waals surface area contributed by atoms with Gasteiger partial charge in [0.25, 0.3) is 0 Å². The molecule has 0 saturated heterocycles. The van der Waals surface area contributed by atoms with Crippen molar-refractivity contribution in [2.45, 2.75) is 198 Å². The molecule has 0 aromatic carbocycles. The molecule has 0 rings (SSSR count). The average Bonchev–Trinajstić information content (AvgIpc) is 2.99. The quantitative estimate of drug-likeness (QED) is 0.0452. The number of hydrogen-bond acceptors (Lipinski definition) is 7. The van der Waals surface area contributed by atoms with Crippen molar-refractivity contribution in [3.8, 4) is 0 Å². The van der Waals surface area contributed by atoms with E-state index < -0.39 is 37.6 Å². The van der Waals surface area contributed by atoms with E-state index in [9.17, 15) is 0 Å². The van der Waals surface area contributed by atoms with Gasteiger partial charge in [0.05, 0.1) is 13.2 Å². The average molecular weight is 593 g/mol. The largest absolute Gasteiger partial charge is 0.396 e. The molecule has 41 heavy (non-hydrogen) atoms. The third-order valence-electron chi connectivity index (χ3n) is 8.02. The van der Waals surface area contributed by atoms with Gasteiger partial charge < -0.3 is 35.7 Å². The smallest absolute Gasteiger partial charge is 0.111 e. The standard InChI is InChI=1S/C28H58O.C6H14O6/c1-2-3-4-5-6-7-8-9-10-11-12-13-14-15-16-17-18-19-20-21-22-23-24-25-26-27-28-29;7-1-3(9)5(11)6(12)4(10)2-8/h29H,2-28H2,1H3;3-12H,1-2H2. The van der Waals surface area contributed by atoms with Crippen LogP contribution >= 0.6 is 0 Å². The summed E-state index contributed by atoms with van der Waals surface area (Å²) in [5, 5.41) is 60.9. The highest BCUT2D eigenvalue weighted by Gasteiger charge is 2.29. The van der Waals surface area contributed by atoms with Crippen LogP contribution in [-0.4, -0.2) is 80.0 Å². The predicted molar refractivity (Wildman–Crippen MR) is 171 cm³/mol. The zero-order valence-electron chi connectivity index (χ0n) is 26.9. The molecule has 0 spiro atoms. The molecule has 0 aromatic heterocycles. The Morgan fingerprint density at radius 2 is 0.512 bits per heavy atom. The third-order valence-corrected chi connectivity index (χ3v) is 8.02. The maximum atomic E-state index is 8.96. The van der Waals surface area contributed by atoms with Crippen LogP contribution in [0.15, 0.2) is 0 Å². The lowest BCUT2D eigenvalue weighted by Gasteiger charge is -2.24. The summed E-state index contributed by atoms with van der Waals surface area (Å²) < 4.78 is 0. The van der Waals surface area contributed by atoms with E-state index in [0.29, 0.717) is 6.61 Å². The summed E-state index contributed by atoms with van der Waals surface area (Å²) in [5.41, 5.74) is 0. The van der Waals surface area contributed by atoms with Crippen LogP contribution in [0.25, 0.3) is 0 Å². The number of unbranched alkanes of at least 4 members (excludes halogenated alkanes) is 25. The van der Waals surface area contributed by atoms with Crippen molar-refractivity contribution in [1.29, 1.82) is 0 Å². The molecule has 0 bridgehead atoms. The van der Waals surface area contributed by atoms with Crippen molar-refractivity contribution in [2.24, 2.45) is 0 Å². The molecule has 0 radical (unpaired) electrons. The summed E-state index contributed by atoms with van der Waals surface area (Å²) in [5.74, 6) is 0. The molecule has 250 valence electrons. The van der Waals surface area contributed by atoms with E-state index in [1.165, 1.54) is 161 Å². The summed E-state index contributed by atoms with van der Waals surface area (Å²) in [6.45, 7) is 1.22. The SMILES string of the molecule is CCCCCCCCCCCCCCCCCCCCCCCCCCCCO.OCC(O)C(O)C(O)C(O)CO. The highest BCUT2D eigenvalue weighted by molar-refractivity contribution is 4.79. The monoisotopic (exact) mass is 593 g/mol. The van der Waals surface area contributed by atoms with Gasteiger partial charge in [-0.3, -0.25) is 0 Å². The summed E-state index contributed by atoms with van der Waals surface area (Å²) >= 11 is 0. The molecule has 0 aliphatic heterocycles. The Hall–Kier alpha value is -0.280. The van der Waals surface area contributed by atoms with Crippen molar-refractivity contribution in [1.82, 2.24) is 0 Å². The van der Waals surface area contributed by atoms with Crippen LogP contribution in [-0.2, 0) is 0 Å². The second-order valence-electron chi connectivity index (χ2n) is 12.0. The summed E-state index contributed by atoms with van der Waals surface area (Å²) in [6, 6.07) is 0. The molecule has 0 amide bonds. The van der Waals surface area contributed by atoms with Crippen LogP contribution < -0.4 is 0 Å². The van der Waals surface area contributed by atoms with Crippen molar-refractivity contribution in [3.05, 3.63) is 0 Å². The van der Waals surface area contributed by atoms with Crippen LogP contribution in [0.5, 0.6) is 0 Å². The van der Waals surface area contributed by atoms with E-state index in [2.05, 4.69) is 6.92 Å². The molecule has 0 heterocycles. The van der Waals surface area contributed by atoms with Gasteiger partial charge in [-0.2, -0.15) is 0 Å². The van der Waals surface area contributed by atoms with Crippen LogP contribution in [0.4, 0.5) is 0 Å². The van der Waals surface area contributed by atoms with Crippen LogP contribution in [0.2, 0.25) is 0 Å². The molecule has 7 N–H and O–H groups in total. The van der Waals surface area contributed by atoms with E-state index in [4.69, 9.17) is 35.7 Å². The van der Waals surface area contributed by atoms with Gasteiger partial charge in [0.15, 0.2) is 0 Å². The normalized spacial score (nSPS) is 14.3. The maximum absolute atomic E-state index is 8.96. The van der Waals surface area contributed by atoms with Gasteiger partial charge in [0, 0.05) is 6.61 Å². The van der Waals surface area contributed by atoms with Gasteiger partial charge in [-0.1, -0.05) is 167 Å². The van der Waals surface area contributed by atoms with Crippen LogP contribution in [0.1, 0.15) is 174 Å². The van der Waals surface area contributed by atoms with E-state index in [1.54, 1.807) is 0 Å². The van der Waals surface area contributed by atoms with Crippen LogP contribution in [0.3, 0.4) is 0 Å². The van der Waals surface area contributed by atoms with Crippen LogP contribution in [0, 0.1) is 0 Å². The Balaban J connectivity index is 0. The Bertz CT molecular complexity index is 426. The highest BCUT2D eigenvalue weighted by atomic mass is 16.4. The van der Waals surface area contributed by atoms with Crippen molar-refractivity contribution < 1.29 is 35.7 Å². The molecule has 4 unspecified atom stereocenters. The second-order valence-corrected chi connectivity index (χ2v) is 12.0. The first-order chi connectivity index (χ1) is 20.0. The lowest BCUT2D eigenvalue weighted by atomic mass is 10.0. The Morgan fingerprint density at radius 1 is 0.317 bits per heavy atom. The van der Waals surface area contributed by atoms with Gasteiger partial charge in [-0.25, -0.2) is 0 Å². The minimum Gasteiger partial charge on any atom is -0.396 e. The number of hydrogen-bond donors (Lipinski definition) is 7. The predicted octanol–water partition coefficient (Wildman–Crippen LogP) is 6.56. The van der Waals surface area contributed by atoms with E-state index in [1.807, 2.05) is 0 Å². The molecular weight excluding hydrogens is 520 g/mol. The van der Waals surface area contributed by atoms with Crippen molar-refractivity contribution in [3.63, 3.8) is 0 Å². The molecule has 0 aliphatic carbocycles. The van der Waals surface area contributed by atoms with Gasteiger partial charge in [0.2, 0.25) is 0 Å². The zero-order valence-corrected chi connectivity index (χ0v) is 26.9. The Labute approximate surface area is 253 Å². The first-order valence-corrected chi connectivity index (χ1v) is 17.5. The molecule has 7 nitrogen and oxygen atoms in total. The zero-order chi connectivity index (χ0) is 30.8. The molecule has 0 saturated carbocycles. The minimum absolute atomic E-state index is 0.374. The molecule has 4 atom stereocenters. The van der Waals surface area contributed by atoms with E-state index in [0.717, 1.165) is 6.42 Å². The van der Waals surface area contributed by atoms with Gasteiger partial charge >= 0.3 is 0 Å². The van der Waals surface area contributed by atoms with Gasteiger partial charge in [-0.15, -0.1) is 0 Å². The fourth-order valence-electron chi connectivity index (χ4n) is 5.10. The topological polar surface area (TPSA) is 142 Å². The van der Waals surface area contributed by atoms with E-state index in [-0.39, 0.29) is 0 Å². The number of aliphatic hydroxyl groups excluding tert-OH is 7. The molecular formula is C34H72O7. The molecule has 7 heteroatoms. The molecule has 0 fully saturated rings. The Kier molecular flexibility index (Phi) is 37.5. The highest BCUT2D eigenvalue weighted by Crippen LogP contribution is 2.16. The van der Waals surface area contributed by atoms with Crippen molar-refractivity contribution in [2.75, 3.05) is 19.8 Å². The lowest BCUT2D eigenvalue weighted by Crippen LogP contribution is -2.46. The first-order valence-electron chi connectivity index (χ1n) is 17.5. The third kappa shape index (κ3) is 32.5. The van der Waals surface area contributed by atoms with Gasteiger partial charge in [-0.05, 0) is 6.42 Å². The summed E-state index contributed by atoms with van der Waals surface area (Å²) in [6.07, 6.45) is 30.7. The molecule has 0 aromatic rings.